The molecule has 0 aliphatic carbocycles. The van der Waals surface area contributed by atoms with Gasteiger partial charge in [-0.15, -0.1) is 0 Å². The summed E-state index contributed by atoms with van der Waals surface area (Å²) in [4.78, 5) is 16.3. The molecule has 2 saturated heterocycles. The van der Waals surface area contributed by atoms with Crippen LogP contribution in [0.25, 0.3) is 22.3 Å². The van der Waals surface area contributed by atoms with E-state index in [0.29, 0.717) is 35.0 Å². The Morgan fingerprint density at radius 1 is 0.915 bits per heavy atom. The van der Waals surface area contributed by atoms with Crippen LogP contribution in [-0.2, 0) is 0 Å². The smallest absolute Gasteiger partial charge is 0.197 e. The molecule has 0 radical (unpaired) electrons. The number of phenolic OH excluding ortho intramolecular Hbond substituents is 2. The van der Waals surface area contributed by atoms with Gasteiger partial charge in [-0.25, -0.2) is 0 Å². The number of likely N-dealkylation sites (N-methyl/N-ethyl adjacent to an activating group) is 1. The molecular formula is C36H44ClN2O8+. The number of halogens is 1. The lowest BCUT2D eigenvalue weighted by Crippen LogP contribution is -3.11. The first kappa shape index (κ1) is 34.4. The third-order valence-electron chi connectivity index (χ3n) is 9.29. The highest BCUT2D eigenvalue weighted by Crippen LogP contribution is 2.44. The molecule has 3 atom stereocenters. The van der Waals surface area contributed by atoms with Gasteiger partial charge >= 0.3 is 0 Å². The molecule has 4 N–H and O–H groups in total. The lowest BCUT2D eigenvalue weighted by molar-refractivity contribution is -0.888. The number of aliphatic hydroxyl groups is 1. The van der Waals surface area contributed by atoms with E-state index in [4.69, 9.17) is 30.2 Å². The van der Waals surface area contributed by atoms with Crippen LogP contribution in [0.1, 0.15) is 42.2 Å². The van der Waals surface area contributed by atoms with Gasteiger partial charge in [-0.1, -0.05) is 23.7 Å². The van der Waals surface area contributed by atoms with Crippen LogP contribution in [0.3, 0.4) is 0 Å². The molecule has 3 aromatic carbocycles. The Labute approximate surface area is 279 Å². The summed E-state index contributed by atoms with van der Waals surface area (Å²) in [5.41, 5.74) is 1.70. The van der Waals surface area contributed by atoms with Crippen LogP contribution in [0.5, 0.6) is 28.7 Å². The maximum Gasteiger partial charge on any atom is 0.197 e. The SMILES string of the molecule is COc1cc(OC)c(C2CCN(C)CC2)c(OC)c1.C[NH+]1CCC(c2c(O)cc(O)c3c(=O)cc(-c4ccccc4Cl)oc23)C(O)C1. The minimum atomic E-state index is -0.707. The lowest BCUT2D eigenvalue weighted by Gasteiger charge is -2.32. The molecule has 47 heavy (non-hydrogen) atoms. The van der Waals surface area contributed by atoms with Crippen LogP contribution in [0.4, 0.5) is 0 Å². The number of rotatable bonds is 6. The summed E-state index contributed by atoms with van der Waals surface area (Å²) in [6, 6.07) is 13.3. The monoisotopic (exact) mass is 667 g/mol. The van der Waals surface area contributed by atoms with Crippen molar-refractivity contribution in [2.45, 2.75) is 37.2 Å². The van der Waals surface area contributed by atoms with Crippen LogP contribution < -0.4 is 24.5 Å². The van der Waals surface area contributed by atoms with E-state index < -0.39 is 17.5 Å². The van der Waals surface area contributed by atoms with Gasteiger partial charge in [0.05, 0.1) is 39.9 Å². The number of nitrogens with one attached hydrogen (secondary N) is 1. The van der Waals surface area contributed by atoms with Gasteiger partial charge in [0.15, 0.2) is 5.43 Å². The van der Waals surface area contributed by atoms with Crippen LogP contribution >= 0.6 is 11.6 Å². The minimum absolute atomic E-state index is 0.0120. The Bertz CT molecular complexity index is 1740. The number of fused-ring (bicyclic) bond motifs is 1. The number of nitrogens with zero attached hydrogens (tertiary/aromatic N) is 1. The standard InChI is InChI=1S/C21H20ClNO5.C15H23NO3/c1-23-7-6-12(17(27)10-23)19-14(24)8-15(25)20-16(26)9-18(28-21(19)20)11-4-2-3-5-13(11)22;1-16-7-5-11(6-8-16)15-13(18-3)9-12(17-2)10-14(15)19-4/h2-5,8-9,12,17,24-25,27H,6-7,10H2,1H3;9-11H,5-8H2,1-4H3/p+1. The summed E-state index contributed by atoms with van der Waals surface area (Å²) >= 11 is 6.25. The van der Waals surface area contributed by atoms with E-state index in [-0.39, 0.29) is 28.2 Å². The van der Waals surface area contributed by atoms with Crippen molar-refractivity contribution in [2.75, 3.05) is 61.6 Å². The van der Waals surface area contributed by atoms with Crippen molar-refractivity contribution >= 4 is 22.6 Å². The molecule has 1 aromatic heterocycles. The van der Waals surface area contributed by atoms with Crippen molar-refractivity contribution in [1.82, 2.24) is 4.90 Å². The number of methoxy groups -OCH3 is 3. The Hall–Kier alpha value is -3.96. The molecular weight excluding hydrogens is 624 g/mol. The van der Waals surface area contributed by atoms with Crippen molar-refractivity contribution in [3.05, 3.63) is 74.9 Å². The van der Waals surface area contributed by atoms with Gasteiger partial charge < -0.3 is 43.7 Å². The normalized spacial score (nSPS) is 20.4. The molecule has 2 aliphatic rings. The number of aliphatic hydroxyl groups excluding tert-OH is 1. The summed E-state index contributed by atoms with van der Waals surface area (Å²) in [6.07, 6.45) is 2.17. The fourth-order valence-corrected chi connectivity index (χ4v) is 6.97. The molecule has 0 spiro atoms. The van der Waals surface area contributed by atoms with Crippen molar-refractivity contribution in [3.63, 3.8) is 0 Å². The molecule has 3 heterocycles. The highest BCUT2D eigenvalue weighted by molar-refractivity contribution is 6.33. The number of aromatic hydroxyl groups is 2. The molecule has 11 heteroatoms. The van der Waals surface area contributed by atoms with Crippen LogP contribution in [0, 0.1) is 0 Å². The third kappa shape index (κ3) is 7.31. The lowest BCUT2D eigenvalue weighted by atomic mass is 9.85. The second-order valence-electron chi connectivity index (χ2n) is 12.4. The molecule has 2 fully saturated rings. The Balaban J connectivity index is 0.000000199. The predicted octanol–water partition coefficient (Wildman–Crippen LogP) is 4.41. The average Bonchev–Trinajstić information content (AvgIpc) is 3.05. The van der Waals surface area contributed by atoms with Gasteiger partial charge in [0.2, 0.25) is 0 Å². The summed E-state index contributed by atoms with van der Waals surface area (Å²) in [5.74, 6) is 2.27. The topological polar surface area (TPSA) is 126 Å². The Morgan fingerprint density at radius 2 is 1.57 bits per heavy atom. The van der Waals surface area contributed by atoms with Gasteiger partial charge in [0.1, 0.15) is 58.1 Å². The molecule has 6 rings (SSSR count). The number of benzene rings is 3. The van der Waals surface area contributed by atoms with E-state index in [9.17, 15) is 20.1 Å². The molecule has 10 nitrogen and oxygen atoms in total. The van der Waals surface area contributed by atoms with Crippen LogP contribution in [-0.4, -0.2) is 87.9 Å². The third-order valence-corrected chi connectivity index (χ3v) is 9.62. The zero-order valence-electron chi connectivity index (χ0n) is 27.5. The molecule has 0 amide bonds. The first-order valence-electron chi connectivity index (χ1n) is 15.8. The fourth-order valence-electron chi connectivity index (χ4n) is 6.74. The maximum absolute atomic E-state index is 12.8. The van der Waals surface area contributed by atoms with E-state index >= 15 is 0 Å². The number of hydrogen-bond acceptors (Lipinski definition) is 9. The van der Waals surface area contributed by atoms with Gasteiger partial charge in [-0.3, -0.25) is 4.79 Å². The van der Waals surface area contributed by atoms with Crippen molar-refractivity contribution in [3.8, 4) is 40.1 Å². The van der Waals surface area contributed by atoms with E-state index in [1.807, 2.05) is 19.2 Å². The number of ether oxygens (including phenoxy) is 3. The summed E-state index contributed by atoms with van der Waals surface area (Å²) in [5, 5.41) is 31.8. The first-order chi connectivity index (χ1) is 22.6. The Morgan fingerprint density at radius 3 is 2.17 bits per heavy atom. The van der Waals surface area contributed by atoms with Gasteiger partial charge in [-0.05, 0) is 51.0 Å². The Kier molecular flexibility index (Phi) is 10.9. The highest BCUT2D eigenvalue weighted by atomic mass is 35.5. The predicted molar refractivity (Wildman–Crippen MR) is 182 cm³/mol. The highest BCUT2D eigenvalue weighted by Gasteiger charge is 2.35. The van der Waals surface area contributed by atoms with Gasteiger partial charge in [0, 0.05) is 53.3 Å². The van der Waals surface area contributed by atoms with Crippen molar-refractivity contribution in [1.29, 1.82) is 0 Å². The number of phenols is 2. The fraction of sp³-hybridized carbons (Fsp3) is 0.417. The zero-order chi connectivity index (χ0) is 33.8. The second kappa shape index (κ2) is 14.9. The van der Waals surface area contributed by atoms with Gasteiger partial charge in [0.25, 0.3) is 0 Å². The van der Waals surface area contributed by atoms with E-state index in [1.54, 1.807) is 45.6 Å². The molecule has 0 saturated carbocycles. The number of piperidine rings is 2. The first-order valence-corrected chi connectivity index (χ1v) is 16.2. The second-order valence-corrected chi connectivity index (χ2v) is 12.8. The number of hydrogen-bond donors (Lipinski definition) is 4. The van der Waals surface area contributed by atoms with E-state index in [1.165, 1.54) is 16.5 Å². The molecule has 2 aliphatic heterocycles. The summed E-state index contributed by atoms with van der Waals surface area (Å²) < 4.78 is 22.4. The molecule has 4 aromatic rings. The largest absolute Gasteiger partial charge is 0.507 e. The number of quaternary nitrogens is 1. The van der Waals surface area contributed by atoms with E-state index in [0.717, 1.165) is 55.8 Å². The van der Waals surface area contributed by atoms with Crippen LogP contribution in [0.15, 0.2) is 57.7 Å². The number of likely N-dealkylation sites (tertiary alicyclic amines) is 2. The molecule has 0 bridgehead atoms. The molecule has 3 unspecified atom stereocenters. The van der Waals surface area contributed by atoms with E-state index in [2.05, 4.69) is 11.9 Å². The zero-order valence-corrected chi connectivity index (χ0v) is 28.3. The van der Waals surface area contributed by atoms with Crippen LogP contribution in [0.2, 0.25) is 5.02 Å². The minimum Gasteiger partial charge on any atom is -0.507 e. The van der Waals surface area contributed by atoms with Crippen molar-refractivity contribution in [2.24, 2.45) is 0 Å². The quantitative estimate of drug-likeness (QED) is 0.237. The van der Waals surface area contributed by atoms with Crippen molar-refractivity contribution < 1.29 is 38.8 Å². The maximum atomic E-state index is 12.8. The average molecular weight is 668 g/mol. The summed E-state index contributed by atoms with van der Waals surface area (Å²) in [7, 11) is 9.21. The van der Waals surface area contributed by atoms with Gasteiger partial charge in [-0.2, -0.15) is 0 Å². The summed E-state index contributed by atoms with van der Waals surface area (Å²) in [6.45, 7) is 3.55. The molecule has 252 valence electrons.